The second-order valence-corrected chi connectivity index (χ2v) is 8.26. The standard InChI is InChI=1S/C20H24N2O4S/c1-2-16-7-9-17(10-8-16)20(23)21-15-18-5-3-4-6-19(18)27(24,25)22-11-13-26-14-12-22/h3-10H,2,11-15H2,1H3,(H,21,23). The van der Waals surface area contributed by atoms with Gasteiger partial charge in [0.2, 0.25) is 10.0 Å². The molecule has 0 bridgehead atoms. The van der Waals surface area contributed by atoms with Crippen LogP contribution in [-0.4, -0.2) is 44.9 Å². The lowest BCUT2D eigenvalue weighted by Gasteiger charge is -2.27. The second kappa shape index (κ2) is 8.65. The summed E-state index contributed by atoms with van der Waals surface area (Å²) in [4.78, 5) is 12.6. The molecule has 1 amide bonds. The molecule has 2 aromatic rings. The molecule has 1 N–H and O–H groups in total. The monoisotopic (exact) mass is 388 g/mol. The second-order valence-electron chi connectivity index (χ2n) is 6.36. The first kappa shape index (κ1) is 19.5. The first-order valence-electron chi connectivity index (χ1n) is 9.05. The van der Waals surface area contributed by atoms with Crippen molar-refractivity contribution in [3.05, 3.63) is 65.2 Å². The maximum absolute atomic E-state index is 13.0. The van der Waals surface area contributed by atoms with Gasteiger partial charge in [-0.15, -0.1) is 0 Å². The molecule has 0 spiro atoms. The minimum atomic E-state index is -3.61. The zero-order valence-corrected chi connectivity index (χ0v) is 16.2. The van der Waals surface area contributed by atoms with Gasteiger partial charge in [-0.25, -0.2) is 8.42 Å². The van der Waals surface area contributed by atoms with Gasteiger partial charge in [0.1, 0.15) is 0 Å². The third kappa shape index (κ3) is 4.55. The van der Waals surface area contributed by atoms with Gasteiger partial charge < -0.3 is 10.1 Å². The summed E-state index contributed by atoms with van der Waals surface area (Å²) < 4.78 is 32.6. The normalized spacial score (nSPS) is 15.4. The Morgan fingerprint density at radius 2 is 1.74 bits per heavy atom. The quantitative estimate of drug-likeness (QED) is 0.823. The van der Waals surface area contributed by atoms with Crippen molar-refractivity contribution in [2.45, 2.75) is 24.8 Å². The van der Waals surface area contributed by atoms with Crippen LogP contribution in [0.1, 0.15) is 28.4 Å². The van der Waals surface area contributed by atoms with Crippen LogP contribution in [0.25, 0.3) is 0 Å². The molecule has 0 atom stereocenters. The van der Waals surface area contributed by atoms with Crippen LogP contribution >= 0.6 is 0 Å². The van der Waals surface area contributed by atoms with Gasteiger partial charge in [0, 0.05) is 25.2 Å². The molecule has 1 fully saturated rings. The number of benzene rings is 2. The Kier molecular flexibility index (Phi) is 6.26. The van der Waals surface area contributed by atoms with Gasteiger partial charge in [-0.3, -0.25) is 4.79 Å². The van der Waals surface area contributed by atoms with Crippen LogP contribution in [0.15, 0.2) is 53.4 Å². The fourth-order valence-corrected chi connectivity index (χ4v) is 4.63. The van der Waals surface area contributed by atoms with E-state index in [0.717, 1.165) is 12.0 Å². The topological polar surface area (TPSA) is 75.7 Å². The number of rotatable bonds is 6. The number of ether oxygens (including phenoxy) is 1. The molecular formula is C20H24N2O4S. The van der Waals surface area contributed by atoms with Crippen molar-refractivity contribution in [3.63, 3.8) is 0 Å². The summed E-state index contributed by atoms with van der Waals surface area (Å²) in [6.45, 7) is 3.67. The summed E-state index contributed by atoms with van der Waals surface area (Å²) in [6.07, 6.45) is 0.911. The molecule has 3 rings (SSSR count). The van der Waals surface area contributed by atoms with Gasteiger partial charge >= 0.3 is 0 Å². The van der Waals surface area contributed by atoms with Crippen molar-refractivity contribution in [1.82, 2.24) is 9.62 Å². The van der Waals surface area contributed by atoms with Gasteiger partial charge in [-0.05, 0) is 35.7 Å². The maximum Gasteiger partial charge on any atom is 0.251 e. The minimum Gasteiger partial charge on any atom is -0.379 e. The fraction of sp³-hybridized carbons (Fsp3) is 0.350. The van der Waals surface area contributed by atoms with Crippen LogP contribution in [0, 0.1) is 0 Å². The number of nitrogens with zero attached hydrogens (tertiary/aromatic N) is 1. The van der Waals surface area contributed by atoms with E-state index in [0.29, 0.717) is 37.4 Å². The Morgan fingerprint density at radius 1 is 1.07 bits per heavy atom. The summed E-state index contributed by atoms with van der Waals surface area (Å²) in [6, 6.07) is 14.2. The number of hydrogen-bond acceptors (Lipinski definition) is 4. The predicted octanol–water partition coefficient (Wildman–Crippen LogP) is 2.20. The summed E-state index contributed by atoms with van der Waals surface area (Å²) in [5, 5.41) is 2.82. The van der Waals surface area contributed by atoms with Crippen LogP contribution in [0.4, 0.5) is 0 Å². The van der Waals surface area contributed by atoms with Crippen molar-refractivity contribution in [3.8, 4) is 0 Å². The van der Waals surface area contributed by atoms with Crippen molar-refractivity contribution < 1.29 is 17.9 Å². The van der Waals surface area contributed by atoms with E-state index >= 15 is 0 Å². The molecule has 1 heterocycles. The lowest BCUT2D eigenvalue weighted by molar-refractivity contribution is 0.0730. The molecule has 2 aromatic carbocycles. The molecule has 1 saturated heterocycles. The number of carbonyl (C=O) groups excluding carboxylic acids is 1. The number of amides is 1. The van der Waals surface area contributed by atoms with Crippen molar-refractivity contribution in [2.24, 2.45) is 0 Å². The zero-order chi connectivity index (χ0) is 19.3. The SMILES string of the molecule is CCc1ccc(C(=O)NCc2ccccc2S(=O)(=O)N2CCOCC2)cc1. The largest absolute Gasteiger partial charge is 0.379 e. The molecule has 1 aliphatic rings. The Balaban J connectivity index is 1.74. The van der Waals surface area contributed by atoms with Crippen LogP contribution < -0.4 is 5.32 Å². The lowest BCUT2D eigenvalue weighted by Crippen LogP contribution is -2.41. The van der Waals surface area contributed by atoms with E-state index in [-0.39, 0.29) is 17.3 Å². The fourth-order valence-electron chi connectivity index (χ4n) is 3.00. The molecule has 0 unspecified atom stereocenters. The number of carbonyl (C=O) groups is 1. The molecule has 0 radical (unpaired) electrons. The van der Waals surface area contributed by atoms with E-state index < -0.39 is 10.0 Å². The van der Waals surface area contributed by atoms with Crippen LogP contribution in [-0.2, 0) is 27.7 Å². The number of aryl methyl sites for hydroxylation is 1. The van der Waals surface area contributed by atoms with Gasteiger partial charge in [0.15, 0.2) is 0 Å². The van der Waals surface area contributed by atoms with E-state index in [1.807, 2.05) is 12.1 Å². The highest BCUT2D eigenvalue weighted by Crippen LogP contribution is 2.21. The molecule has 0 aromatic heterocycles. The van der Waals surface area contributed by atoms with Crippen molar-refractivity contribution in [1.29, 1.82) is 0 Å². The smallest absolute Gasteiger partial charge is 0.251 e. The predicted molar refractivity (Wildman–Crippen MR) is 103 cm³/mol. The van der Waals surface area contributed by atoms with Crippen LogP contribution in [0.2, 0.25) is 0 Å². The summed E-state index contributed by atoms with van der Waals surface area (Å²) in [5.74, 6) is -0.226. The maximum atomic E-state index is 13.0. The zero-order valence-electron chi connectivity index (χ0n) is 15.3. The highest BCUT2D eigenvalue weighted by molar-refractivity contribution is 7.89. The lowest BCUT2D eigenvalue weighted by atomic mass is 10.1. The molecule has 1 aliphatic heterocycles. The van der Waals surface area contributed by atoms with Crippen LogP contribution in [0.3, 0.4) is 0 Å². The van der Waals surface area contributed by atoms with E-state index in [1.165, 1.54) is 4.31 Å². The highest BCUT2D eigenvalue weighted by Gasteiger charge is 2.28. The Bertz CT molecular complexity index is 888. The molecule has 0 aliphatic carbocycles. The first-order valence-corrected chi connectivity index (χ1v) is 10.5. The minimum absolute atomic E-state index is 0.147. The summed E-state index contributed by atoms with van der Waals surface area (Å²) >= 11 is 0. The Morgan fingerprint density at radius 3 is 2.41 bits per heavy atom. The average Bonchev–Trinajstić information content (AvgIpc) is 2.73. The van der Waals surface area contributed by atoms with Gasteiger partial charge in [0.05, 0.1) is 18.1 Å². The molecule has 144 valence electrons. The van der Waals surface area contributed by atoms with Crippen molar-refractivity contribution in [2.75, 3.05) is 26.3 Å². The number of nitrogens with one attached hydrogen (secondary N) is 1. The summed E-state index contributed by atoms with van der Waals surface area (Å²) in [7, 11) is -3.61. The number of morpholine rings is 1. The molecule has 7 heteroatoms. The van der Waals surface area contributed by atoms with Gasteiger partial charge in [-0.1, -0.05) is 37.3 Å². The molecular weight excluding hydrogens is 364 g/mol. The van der Waals surface area contributed by atoms with Gasteiger partial charge in [-0.2, -0.15) is 4.31 Å². The Labute approximate surface area is 160 Å². The molecule has 0 saturated carbocycles. The highest BCUT2D eigenvalue weighted by atomic mass is 32.2. The number of hydrogen-bond donors (Lipinski definition) is 1. The Hall–Kier alpha value is -2.22. The van der Waals surface area contributed by atoms with E-state index in [4.69, 9.17) is 4.74 Å². The van der Waals surface area contributed by atoms with E-state index in [1.54, 1.807) is 36.4 Å². The molecule has 27 heavy (non-hydrogen) atoms. The van der Waals surface area contributed by atoms with Crippen molar-refractivity contribution >= 4 is 15.9 Å². The third-order valence-electron chi connectivity index (χ3n) is 4.62. The third-order valence-corrected chi connectivity index (χ3v) is 6.62. The van der Waals surface area contributed by atoms with E-state index in [2.05, 4.69) is 12.2 Å². The van der Waals surface area contributed by atoms with Crippen LogP contribution in [0.5, 0.6) is 0 Å². The van der Waals surface area contributed by atoms with Gasteiger partial charge in [0.25, 0.3) is 5.91 Å². The first-order chi connectivity index (χ1) is 13.0. The summed E-state index contributed by atoms with van der Waals surface area (Å²) in [5.41, 5.74) is 2.29. The molecule has 6 nitrogen and oxygen atoms in total. The van der Waals surface area contributed by atoms with E-state index in [9.17, 15) is 13.2 Å². The number of sulfonamides is 1. The average molecular weight is 388 g/mol.